The van der Waals surface area contributed by atoms with Crippen LogP contribution in [0.2, 0.25) is 0 Å². The van der Waals surface area contributed by atoms with E-state index in [4.69, 9.17) is 11.5 Å². The summed E-state index contributed by atoms with van der Waals surface area (Å²) < 4.78 is 0.237. The van der Waals surface area contributed by atoms with Gasteiger partial charge < -0.3 is 21.4 Å². The van der Waals surface area contributed by atoms with Gasteiger partial charge >= 0.3 is 0 Å². The predicted octanol–water partition coefficient (Wildman–Crippen LogP) is 0.606. The number of primary amides is 1. The fraction of sp³-hybridized carbons (Fsp3) is 0.154. The van der Waals surface area contributed by atoms with Gasteiger partial charge in [0.1, 0.15) is 4.47 Å². The number of hydrogen-bond donors (Lipinski definition) is 3. The molecule has 1 amide bonds. The zero-order chi connectivity index (χ0) is 15.4. The van der Waals surface area contributed by atoms with Crippen LogP contribution in [-0.2, 0) is 11.3 Å². The SMILES string of the molecule is NC(=O)CN(Cc1ccccc1N)c1nc[nH]c(=O)c1Br. The van der Waals surface area contributed by atoms with Crippen LogP contribution >= 0.6 is 15.9 Å². The average Bonchev–Trinajstić information content (AvgIpc) is 2.43. The van der Waals surface area contributed by atoms with E-state index in [0.29, 0.717) is 18.1 Å². The van der Waals surface area contributed by atoms with Crippen molar-refractivity contribution in [2.75, 3.05) is 17.2 Å². The topological polar surface area (TPSA) is 118 Å². The summed E-state index contributed by atoms with van der Waals surface area (Å²) in [4.78, 5) is 31.0. The Balaban J connectivity index is 2.39. The van der Waals surface area contributed by atoms with Crippen molar-refractivity contribution in [3.8, 4) is 0 Å². The van der Waals surface area contributed by atoms with Crippen LogP contribution in [0.15, 0.2) is 39.9 Å². The highest BCUT2D eigenvalue weighted by Gasteiger charge is 2.17. The molecule has 0 atom stereocenters. The van der Waals surface area contributed by atoms with Gasteiger partial charge in [-0.1, -0.05) is 18.2 Å². The second-order valence-electron chi connectivity index (χ2n) is 4.39. The normalized spacial score (nSPS) is 10.3. The molecule has 0 radical (unpaired) electrons. The second kappa shape index (κ2) is 6.40. The highest BCUT2D eigenvalue weighted by molar-refractivity contribution is 9.10. The number of nitrogens with two attached hydrogens (primary N) is 2. The van der Waals surface area contributed by atoms with Gasteiger partial charge in [0, 0.05) is 12.2 Å². The summed E-state index contributed by atoms with van der Waals surface area (Å²) in [6.45, 7) is 0.230. The second-order valence-corrected chi connectivity index (χ2v) is 5.18. The lowest BCUT2D eigenvalue weighted by molar-refractivity contribution is -0.116. The van der Waals surface area contributed by atoms with Crippen LogP contribution in [0.25, 0.3) is 0 Å². The minimum atomic E-state index is -0.529. The molecule has 1 aromatic heterocycles. The van der Waals surface area contributed by atoms with Crippen molar-refractivity contribution in [2.24, 2.45) is 5.73 Å². The molecule has 2 aromatic rings. The van der Waals surface area contributed by atoms with Gasteiger partial charge in [0.2, 0.25) is 5.91 Å². The molecule has 0 spiro atoms. The molecule has 2 rings (SSSR count). The number of nitrogens with one attached hydrogen (secondary N) is 1. The molecule has 0 saturated carbocycles. The molecule has 0 saturated heterocycles. The quantitative estimate of drug-likeness (QED) is 0.682. The highest BCUT2D eigenvalue weighted by Crippen LogP contribution is 2.22. The number of benzene rings is 1. The summed E-state index contributed by atoms with van der Waals surface area (Å²) in [5.74, 6) is -0.195. The van der Waals surface area contributed by atoms with Crippen LogP contribution < -0.4 is 21.9 Å². The van der Waals surface area contributed by atoms with Crippen molar-refractivity contribution < 1.29 is 4.79 Å². The van der Waals surface area contributed by atoms with Gasteiger partial charge in [-0.2, -0.15) is 0 Å². The Morgan fingerprint density at radius 2 is 2.10 bits per heavy atom. The van der Waals surface area contributed by atoms with Gasteiger partial charge in [0.15, 0.2) is 5.82 Å². The van der Waals surface area contributed by atoms with E-state index in [0.717, 1.165) is 5.56 Å². The van der Waals surface area contributed by atoms with Gasteiger partial charge in [-0.15, -0.1) is 0 Å². The first-order valence-corrected chi connectivity index (χ1v) is 6.88. The number of anilines is 2. The third-order valence-electron chi connectivity index (χ3n) is 2.84. The van der Waals surface area contributed by atoms with Crippen LogP contribution in [0, 0.1) is 0 Å². The minimum Gasteiger partial charge on any atom is -0.398 e. The Morgan fingerprint density at radius 3 is 2.76 bits per heavy atom. The summed E-state index contributed by atoms with van der Waals surface area (Å²) in [5, 5.41) is 0. The van der Waals surface area contributed by atoms with E-state index in [1.165, 1.54) is 6.33 Å². The van der Waals surface area contributed by atoms with Crippen molar-refractivity contribution in [1.82, 2.24) is 9.97 Å². The number of carbonyl (C=O) groups is 1. The van der Waals surface area contributed by atoms with Crippen LogP contribution in [0.1, 0.15) is 5.56 Å². The maximum absolute atomic E-state index is 11.6. The first kappa shape index (κ1) is 15.0. The minimum absolute atomic E-state index is 0.0800. The Labute approximate surface area is 129 Å². The summed E-state index contributed by atoms with van der Waals surface area (Å²) in [7, 11) is 0. The van der Waals surface area contributed by atoms with Gasteiger partial charge in [-0.3, -0.25) is 9.59 Å². The number of nitrogens with zero attached hydrogens (tertiary/aromatic N) is 2. The molecule has 7 nitrogen and oxygen atoms in total. The smallest absolute Gasteiger partial charge is 0.267 e. The number of aromatic nitrogens is 2. The van der Waals surface area contributed by atoms with Crippen LogP contribution in [0.5, 0.6) is 0 Å². The number of carbonyl (C=O) groups excluding carboxylic acids is 1. The average molecular weight is 352 g/mol. The van der Waals surface area contributed by atoms with Crippen LogP contribution in [0.3, 0.4) is 0 Å². The fourth-order valence-corrected chi connectivity index (χ4v) is 2.34. The monoisotopic (exact) mass is 351 g/mol. The van der Waals surface area contributed by atoms with E-state index in [9.17, 15) is 9.59 Å². The molecule has 0 aliphatic rings. The van der Waals surface area contributed by atoms with Gasteiger partial charge in [0.25, 0.3) is 5.56 Å². The maximum atomic E-state index is 11.6. The van der Waals surface area contributed by atoms with Gasteiger partial charge in [-0.25, -0.2) is 4.98 Å². The Hall–Kier alpha value is -2.35. The number of halogens is 1. The molecule has 8 heteroatoms. The van der Waals surface area contributed by atoms with Crippen molar-refractivity contribution in [1.29, 1.82) is 0 Å². The maximum Gasteiger partial charge on any atom is 0.267 e. The third-order valence-corrected chi connectivity index (χ3v) is 3.56. The fourth-order valence-electron chi connectivity index (χ4n) is 1.87. The molecule has 0 aliphatic heterocycles. The summed E-state index contributed by atoms with van der Waals surface area (Å²) >= 11 is 3.17. The highest BCUT2D eigenvalue weighted by atomic mass is 79.9. The summed E-state index contributed by atoms with van der Waals surface area (Å²) in [6, 6.07) is 7.26. The van der Waals surface area contributed by atoms with Crippen molar-refractivity contribution in [3.05, 3.63) is 51.0 Å². The standard InChI is InChI=1S/C13H14BrN5O2/c14-11-12(17-7-18-13(11)21)19(6-10(16)20)5-8-3-1-2-4-9(8)15/h1-4,7H,5-6,15H2,(H2,16,20)(H,17,18,21). The summed E-state index contributed by atoms with van der Waals surface area (Å²) in [6.07, 6.45) is 1.27. The molecule has 1 aromatic carbocycles. The molecule has 1 heterocycles. The lowest BCUT2D eigenvalue weighted by atomic mass is 10.1. The van der Waals surface area contributed by atoms with E-state index in [2.05, 4.69) is 25.9 Å². The number of amides is 1. The Kier molecular flexibility index (Phi) is 4.59. The lowest BCUT2D eigenvalue weighted by Crippen LogP contribution is -2.35. The predicted molar refractivity (Wildman–Crippen MR) is 83.7 cm³/mol. The van der Waals surface area contributed by atoms with Gasteiger partial charge in [-0.05, 0) is 27.6 Å². The van der Waals surface area contributed by atoms with Crippen molar-refractivity contribution >= 4 is 33.3 Å². The molecular weight excluding hydrogens is 338 g/mol. The molecule has 0 aliphatic carbocycles. The first-order valence-electron chi connectivity index (χ1n) is 6.09. The number of H-pyrrole nitrogens is 1. The molecule has 21 heavy (non-hydrogen) atoms. The molecule has 0 unspecified atom stereocenters. The zero-order valence-electron chi connectivity index (χ0n) is 11.0. The molecule has 5 N–H and O–H groups in total. The van der Waals surface area contributed by atoms with E-state index < -0.39 is 5.91 Å². The largest absolute Gasteiger partial charge is 0.398 e. The summed E-state index contributed by atoms with van der Waals surface area (Å²) in [5.41, 5.74) is 12.2. The van der Waals surface area contributed by atoms with Crippen LogP contribution in [-0.4, -0.2) is 22.4 Å². The van der Waals surface area contributed by atoms with Crippen molar-refractivity contribution in [3.63, 3.8) is 0 Å². The first-order chi connectivity index (χ1) is 9.99. The van der Waals surface area contributed by atoms with E-state index in [1.54, 1.807) is 11.0 Å². The van der Waals surface area contributed by atoms with E-state index in [1.807, 2.05) is 18.2 Å². The number of para-hydroxylation sites is 1. The van der Waals surface area contributed by atoms with Crippen molar-refractivity contribution in [2.45, 2.75) is 6.54 Å². The molecule has 0 fully saturated rings. The zero-order valence-corrected chi connectivity index (χ0v) is 12.6. The Morgan fingerprint density at radius 1 is 1.38 bits per heavy atom. The number of rotatable bonds is 5. The number of aromatic amines is 1. The van der Waals surface area contributed by atoms with Gasteiger partial charge in [0.05, 0.1) is 12.9 Å². The molecule has 110 valence electrons. The molecular formula is C13H14BrN5O2. The number of nitrogen functional groups attached to an aromatic ring is 1. The van der Waals surface area contributed by atoms with E-state index >= 15 is 0 Å². The van der Waals surface area contributed by atoms with E-state index in [-0.39, 0.29) is 16.6 Å². The third kappa shape index (κ3) is 3.60. The number of hydrogen-bond acceptors (Lipinski definition) is 5. The van der Waals surface area contributed by atoms with Crippen LogP contribution in [0.4, 0.5) is 11.5 Å². The Bertz CT molecular complexity index is 716. The lowest BCUT2D eigenvalue weighted by Gasteiger charge is -2.23. The molecule has 0 bridgehead atoms.